The topological polar surface area (TPSA) is 49.4 Å². The lowest BCUT2D eigenvalue weighted by atomic mass is 9.89. The van der Waals surface area contributed by atoms with E-state index < -0.39 is 9.84 Å². The van der Waals surface area contributed by atoms with Crippen LogP contribution in [-0.4, -0.2) is 56.5 Å². The predicted octanol–water partition coefficient (Wildman–Crippen LogP) is 2.44. The maximum atomic E-state index is 11.6. The Labute approximate surface area is 131 Å². The van der Waals surface area contributed by atoms with Gasteiger partial charge in [0, 0.05) is 17.3 Å². The Hall–Kier alpha value is -0.130. The van der Waals surface area contributed by atoms with Gasteiger partial charge in [0.15, 0.2) is 0 Å². The third kappa shape index (κ3) is 5.87. The van der Waals surface area contributed by atoms with Crippen molar-refractivity contribution in [1.82, 2.24) is 10.2 Å². The monoisotopic (exact) mass is 318 g/mol. The molecule has 1 saturated heterocycles. The van der Waals surface area contributed by atoms with E-state index in [2.05, 4.69) is 24.1 Å². The first kappa shape index (κ1) is 18.9. The molecule has 0 amide bonds. The molecule has 0 bridgehead atoms. The molecule has 126 valence electrons. The molecule has 1 aliphatic heterocycles. The minimum absolute atomic E-state index is 0.0784. The number of nitrogens with zero attached hydrogens (tertiary/aromatic N) is 1. The summed E-state index contributed by atoms with van der Waals surface area (Å²) in [6.45, 7) is 8.66. The Bertz CT molecular complexity index is 385. The van der Waals surface area contributed by atoms with Gasteiger partial charge in [0.25, 0.3) is 0 Å². The highest BCUT2D eigenvalue weighted by Crippen LogP contribution is 2.25. The van der Waals surface area contributed by atoms with Crippen molar-refractivity contribution in [3.63, 3.8) is 0 Å². The van der Waals surface area contributed by atoms with Gasteiger partial charge < -0.3 is 5.32 Å². The largest absolute Gasteiger partial charge is 0.315 e. The third-order valence-corrected chi connectivity index (χ3v) is 6.80. The number of likely N-dealkylation sites (tertiary alicyclic amines) is 1. The number of nitrogens with one attached hydrogen (secondary N) is 1. The summed E-state index contributed by atoms with van der Waals surface area (Å²) in [5.74, 6) is 0.574. The van der Waals surface area contributed by atoms with E-state index in [1.165, 1.54) is 38.8 Å². The lowest BCUT2D eigenvalue weighted by Crippen LogP contribution is -2.57. The van der Waals surface area contributed by atoms with Crippen LogP contribution in [0.25, 0.3) is 0 Å². The van der Waals surface area contributed by atoms with Crippen LogP contribution < -0.4 is 5.32 Å². The Morgan fingerprint density at radius 2 is 1.71 bits per heavy atom. The summed E-state index contributed by atoms with van der Waals surface area (Å²) in [4.78, 5) is 2.59. The van der Waals surface area contributed by atoms with Gasteiger partial charge in [0.1, 0.15) is 9.84 Å². The molecule has 0 aromatic heterocycles. The quantitative estimate of drug-likeness (QED) is 0.747. The maximum absolute atomic E-state index is 11.6. The molecule has 0 saturated carbocycles. The van der Waals surface area contributed by atoms with Gasteiger partial charge in [-0.1, -0.05) is 19.8 Å². The van der Waals surface area contributed by atoms with Gasteiger partial charge in [0.2, 0.25) is 0 Å². The molecular formula is C16H34N2O2S. The van der Waals surface area contributed by atoms with Gasteiger partial charge >= 0.3 is 0 Å². The first-order chi connectivity index (χ1) is 9.83. The molecule has 1 fully saturated rings. The van der Waals surface area contributed by atoms with Crippen LogP contribution in [0.15, 0.2) is 0 Å². The molecule has 1 heterocycles. The third-order valence-electron chi connectivity index (χ3n) is 5.01. The van der Waals surface area contributed by atoms with E-state index in [9.17, 15) is 8.42 Å². The van der Waals surface area contributed by atoms with E-state index in [4.69, 9.17) is 0 Å². The number of rotatable bonds is 8. The zero-order valence-electron chi connectivity index (χ0n) is 14.3. The molecule has 4 nitrogen and oxygen atoms in total. The lowest BCUT2D eigenvalue weighted by Gasteiger charge is -2.44. The fourth-order valence-corrected chi connectivity index (χ4v) is 4.27. The molecule has 1 N–H and O–H groups in total. The van der Waals surface area contributed by atoms with Crippen LogP contribution in [0, 0.1) is 0 Å². The Balaban J connectivity index is 2.59. The fourth-order valence-electron chi connectivity index (χ4n) is 3.37. The van der Waals surface area contributed by atoms with Crippen molar-refractivity contribution in [2.75, 3.05) is 31.6 Å². The van der Waals surface area contributed by atoms with Crippen LogP contribution in [0.2, 0.25) is 0 Å². The average Bonchev–Trinajstić information content (AvgIpc) is 2.72. The zero-order chi connectivity index (χ0) is 15.9. The second kappa shape index (κ2) is 8.49. The van der Waals surface area contributed by atoms with Crippen molar-refractivity contribution in [1.29, 1.82) is 0 Å². The molecule has 1 aliphatic rings. The summed E-state index contributed by atoms with van der Waals surface area (Å²) in [6.07, 6.45) is 6.91. The van der Waals surface area contributed by atoms with Gasteiger partial charge in [-0.15, -0.1) is 0 Å². The molecule has 0 aromatic carbocycles. The van der Waals surface area contributed by atoms with Crippen molar-refractivity contribution < 1.29 is 8.42 Å². The van der Waals surface area contributed by atoms with Crippen molar-refractivity contribution in [2.45, 2.75) is 70.9 Å². The number of hydrogen-bond acceptors (Lipinski definition) is 4. The van der Waals surface area contributed by atoms with E-state index in [0.717, 1.165) is 12.8 Å². The van der Waals surface area contributed by atoms with Crippen LogP contribution in [0.5, 0.6) is 0 Å². The van der Waals surface area contributed by atoms with Crippen molar-refractivity contribution >= 4 is 9.84 Å². The molecular weight excluding hydrogens is 284 g/mol. The van der Waals surface area contributed by atoms with Crippen molar-refractivity contribution in [3.8, 4) is 0 Å². The predicted molar refractivity (Wildman–Crippen MR) is 90.5 cm³/mol. The van der Waals surface area contributed by atoms with Crippen LogP contribution in [0.1, 0.15) is 59.3 Å². The van der Waals surface area contributed by atoms with Crippen LogP contribution >= 0.6 is 0 Å². The minimum atomic E-state index is -2.84. The summed E-state index contributed by atoms with van der Waals surface area (Å²) >= 11 is 0. The molecule has 1 rings (SSSR count). The minimum Gasteiger partial charge on any atom is -0.315 e. The highest BCUT2D eigenvalue weighted by atomic mass is 32.2. The van der Waals surface area contributed by atoms with Crippen LogP contribution in [-0.2, 0) is 9.84 Å². The van der Waals surface area contributed by atoms with E-state index in [1.807, 2.05) is 7.05 Å². The maximum Gasteiger partial charge on any atom is 0.150 e. The number of sulfone groups is 1. The fraction of sp³-hybridized carbons (Fsp3) is 1.00. The molecule has 5 heteroatoms. The highest BCUT2D eigenvalue weighted by molar-refractivity contribution is 7.91. The Morgan fingerprint density at radius 3 is 2.19 bits per heavy atom. The molecule has 0 spiro atoms. The normalized spacial score (nSPS) is 20.2. The molecule has 0 radical (unpaired) electrons. The van der Waals surface area contributed by atoms with Crippen molar-refractivity contribution in [3.05, 3.63) is 0 Å². The first-order valence-electron chi connectivity index (χ1n) is 8.46. The summed E-state index contributed by atoms with van der Waals surface area (Å²) in [5, 5.41) is 3.43. The van der Waals surface area contributed by atoms with E-state index in [-0.39, 0.29) is 11.3 Å². The second-order valence-corrected chi connectivity index (χ2v) is 9.25. The van der Waals surface area contributed by atoms with E-state index >= 15 is 0 Å². The van der Waals surface area contributed by atoms with Gasteiger partial charge in [-0.25, -0.2) is 8.42 Å². The van der Waals surface area contributed by atoms with E-state index in [0.29, 0.717) is 11.8 Å². The summed E-state index contributed by atoms with van der Waals surface area (Å²) in [6, 6.07) is 0.336. The summed E-state index contributed by atoms with van der Waals surface area (Å²) in [7, 11) is -0.842. The molecule has 1 unspecified atom stereocenters. The van der Waals surface area contributed by atoms with E-state index in [1.54, 1.807) is 6.92 Å². The average molecular weight is 319 g/mol. The van der Waals surface area contributed by atoms with Gasteiger partial charge in [-0.3, -0.25) is 4.90 Å². The SMILES string of the molecule is CCS(=O)(=O)CCCC(NC)C(C)(C)N1CCCCCC1. The van der Waals surface area contributed by atoms with Gasteiger partial charge in [-0.05, 0) is 59.7 Å². The van der Waals surface area contributed by atoms with Crippen LogP contribution in [0.4, 0.5) is 0 Å². The Morgan fingerprint density at radius 1 is 1.14 bits per heavy atom. The van der Waals surface area contributed by atoms with Crippen LogP contribution in [0.3, 0.4) is 0 Å². The lowest BCUT2D eigenvalue weighted by molar-refractivity contribution is 0.0828. The number of likely N-dealkylation sites (N-methyl/N-ethyl adjacent to an activating group) is 1. The Kier molecular flexibility index (Phi) is 7.65. The smallest absolute Gasteiger partial charge is 0.150 e. The molecule has 0 aromatic rings. The number of hydrogen-bond donors (Lipinski definition) is 1. The second-order valence-electron chi connectivity index (χ2n) is 6.77. The molecule has 0 aliphatic carbocycles. The van der Waals surface area contributed by atoms with Crippen molar-refractivity contribution in [2.24, 2.45) is 0 Å². The van der Waals surface area contributed by atoms with Gasteiger partial charge in [0.05, 0.1) is 5.75 Å². The molecule has 21 heavy (non-hydrogen) atoms. The standard InChI is InChI=1S/C16H34N2O2S/c1-5-21(19,20)14-10-11-15(17-4)16(2,3)18-12-8-6-7-9-13-18/h15,17H,5-14H2,1-4H3. The zero-order valence-corrected chi connectivity index (χ0v) is 15.1. The summed E-state index contributed by atoms with van der Waals surface area (Å²) in [5.41, 5.74) is 0.0784. The summed E-state index contributed by atoms with van der Waals surface area (Å²) < 4.78 is 23.3. The van der Waals surface area contributed by atoms with Gasteiger partial charge in [-0.2, -0.15) is 0 Å². The molecule has 1 atom stereocenters. The first-order valence-corrected chi connectivity index (χ1v) is 10.3. The highest BCUT2D eigenvalue weighted by Gasteiger charge is 2.34.